The van der Waals surface area contributed by atoms with E-state index < -0.39 is 0 Å². The highest BCUT2D eigenvalue weighted by molar-refractivity contribution is 7.22. The lowest BCUT2D eigenvalue weighted by molar-refractivity contribution is -0.120. The Morgan fingerprint density at radius 2 is 1.87 bits per heavy atom. The molecule has 0 aliphatic rings. The van der Waals surface area contributed by atoms with Crippen LogP contribution < -0.4 is 14.4 Å². The van der Waals surface area contributed by atoms with E-state index in [1.54, 1.807) is 18.2 Å². The van der Waals surface area contributed by atoms with E-state index in [1.807, 2.05) is 67.6 Å². The maximum atomic E-state index is 13.1. The summed E-state index contributed by atoms with van der Waals surface area (Å²) in [6.07, 6.45) is 1.71. The number of fused-ring (bicyclic) bond motifs is 1. The quantitative estimate of drug-likeness (QED) is 0.437. The van der Waals surface area contributed by atoms with Crippen LogP contribution in [-0.2, 0) is 11.3 Å². The van der Waals surface area contributed by atoms with Crippen molar-refractivity contribution in [1.82, 2.24) is 9.97 Å². The van der Waals surface area contributed by atoms with Gasteiger partial charge in [0, 0.05) is 6.20 Å². The Labute approximate surface area is 178 Å². The summed E-state index contributed by atoms with van der Waals surface area (Å²) < 4.78 is 12.0. The van der Waals surface area contributed by atoms with E-state index in [9.17, 15) is 4.79 Å². The van der Waals surface area contributed by atoms with Gasteiger partial charge in [0.2, 0.25) is 0 Å². The van der Waals surface area contributed by atoms with Gasteiger partial charge in [-0.15, -0.1) is 0 Å². The third-order valence-corrected chi connectivity index (χ3v) is 5.59. The van der Waals surface area contributed by atoms with Crippen molar-refractivity contribution >= 4 is 32.6 Å². The van der Waals surface area contributed by atoms with Crippen LogP contribution in [0.5, 0.6) is 11.5 Å². The van der Waals surface area contributed by atoms with Crippen LogP contribution in [0, 0.1) is 6.92 Å². The zero-order chi connectivity index (χ0) is 20.9. The molecule has 0 saturated heterocycles. The van der Waals surface area contributed by atoms with E-state index in [2.05, 4.69) is 9.97 Å². The summed E-state index contributed by atoms with van der Waals surface area (Å²) in [6.45, 7) is 2.23. The van der Waals surface area contributed by atoms with Crippen LogP contribution in [0.1, 0.15) is 11.3 Å². The summed E-state index contributed by atoms with van der Waals surface area (Å²) in [5, 5.41) is 0.599. The van der Waals surface area contributed by atoms with Crippen LogP contribution >= 0.6 is 11.3 Å². The number of amides is 1. The van der Waals surface area contributed by atoms with Gasteiger partial charge in [-0.25, -0.2) is 4.98 Å². The summed E-state index contributed by atoms with van der Waals surface area (Å²) >= 11 is 1.44. The van der Waals surface area contributed by atoms with Crippen LogP contribution in [0.25, 0.3) is 10.2 Å². The minimum Gasteiger partial charge on any atom is -0.497 e. The largest absolute Gasteiger partial charge is 0.497 e. The van der Waals surface area contributed by atoms with Crippen molar-refractivity contribution in [2.45, 2.75) is 13.5 Å². The molecule has 7 heteroatoms. The molecule has 6 nitrogen and oxygen atoms in total. The van der Waals surface area contributed by atoms with Gasteiger partial charge in [0.1, 0.15) is 11.5 Å². The molecule has 0 N–H and O–H groups in total. The minimum atomic E-state index is -0.188. The number of aromatic nitrogens is 2. The van der Waals surface area contributed by atoms with Crippen molar-refractivity contribution in [1.29, 1.82) is 0 Å². The Hall–Kier alpha value is -3.45. The second-order valence-corrected chi connectivity index (χ2v) is 7.74. The third kappa shape index (κ3) is 4.58. The highest BCUT2D eigenvalue weighted by atomic mass is 32.1. The average molecular weight is 420 g/mol. The highest BCUT2D eigenvalue weighted by Crippen LogP contribution is 2.32. The van der Waals surface area contributed by atoms with E-state index in [1.165, 1.54) is 11.3 Å². The normalized spacial score (nSPS) is 10.7. The molecule has 0 atom stereocenters. The first-order valence-corrected chi connectivity index (χ1v) is 10.3. The summed E-state index contributed by atoms with van der Waals surface area (Å²) in [6, 6.07) is 18.9. The minimum absolute atomic E-state index is 0.0882. The van der Waals surface area contributed by atoms with Crippen molar-refractivity contribution in [2.75, 3.05) is 18.6 Å². The molecule has 30 heavy (non-hydrogen) atoms. The molecule has 0 bridgehead atoms. The number of ether oxygens (including phenoxy) is 2. The van der Waals surface area contributed by atoms with Crippen LogP contribution in [0.15, 0.2) is 66.9 Å². The predicted molar refractivity (Wildman–Crippen MR) is 118 cm³/mol. The van der Waals surface area contributed by atoms with Gasteiger partial charge in [-0.1, -0.05) is 35.1 Å². The maximum absolute atomic E-state index is 13.1. The molecule has 4 aromatic rings. The fourth-order valence-electron chi connectivity index (χ4n) is 2.91. The smallest absolute Gasteiger partial charge is 0.267 e. The standard InChI is InChI=1S/C23H21N3O3S/c1-16-6-8-18(9-7-16)29-15-22(27)26(14-17-5-3-4-12-24-17)23-25-20-11-10-19(28-2)13-21(20)30-23/h3-13H,14-15H2,1-2H3. The molecule has 2 aromatic carbocycles. The van der Waals surface area contributed by atoms with Crippen LogP contribution in [-0.4, -0.2) is 29.6 Å². The Morgan fingerprint density at radius 1 is 1.07 bits per heavy atom. The van der Waals surface area contributed by atoms with Crippen LogP contribution in [0.3, 0.4) is 0 Å². The average Bonchev–Trinajstić information content (AvgIpc) is 3.20. The maximum Gasteiger partial charge on any atom is 0.267 e. The number of hydrogen-bond donors (Lipinski definition) is 0. The number of rotatable bonds is 7. The Balaban J connectivity index is 1.60. The molecule has 4 rings (SSSR count). The molecule has 0 aliphatic heterocycles. The Morgan fingerprint density at radius 3 is 2.60 bits per heavy atom. The molecule has 0 saturated carbocycles. The van der Waals surface area contributed by atoms with E-state index >= 15 is 0 Å². The third-order valence-electron chi connectivity index (χ3n) is 4.55. The molecule has 0 aliphatic carbocycles. The van der Waals surface area contributed by atoms with Crippen LogP contribution in [0.2, 0.25) is 0 Å². The van der Waals surface area contributed by atoms with Crippen molar-refractivity contribution in [3.63, 3.8) is 0 Å². The molecule has 0 spiro atoms. The number of aryl methyl sites for hydroxylation is 1. The fraction of sp³-hybridized carbons (Fsp3) is 0.174. The number of benzene rings is 2. The molecule has 1 amide bonds. The number of carbonyl (C=O) groups excluding carboxylic acids is 1. The highest BCUT2D eigenvalue weighted by Gasteiger charge is 2.21. The number of anilines is 1. The molecular weight excluding hydrogens is 398 g/mol. The van der Waals surface area contributed by atoms with Gasteiger partial charge in [-0.3, -0.25) is 14.7 Å². The molecule has 152 valence electrons. The number of thiazole rings is 1. The van der Waals surface area contributed by atoms with Gasteiger partial charge in [0.15, 0.2) is 11.7 Å². The lowest BCUT2D eigenvalue weighted by atomic mass is 10.2. The number of carbonyl (C=O) groups is 1. The van der Waals surface area contributed by atoms with Crippen molar-refractivity contribution in [3.05, 3.63) is 78.1 Å². The molecule has 0 fully saturated rings. The summed E-state index contributed by atoms with van der Waals surface area (Å²) in [5.74, 6) is 1.22. The van der Waals surface area contributed by atoms with Crippen molar-refractivity contribution in [3.8, 4) is 11.5 Å². The number of hydrogen-bond acceptors (Lipinski definition) is 6. The van der Waals surface area contributed by atoms with Gasteiger partial charge >= 0.3 is 0 Å². The number of pyridine rings is 1. The van der Waals surface area contributed by atoms with Crippen LogP contribution in [0.4, 0.5) is 5.13 Å². The first-order valence-electron chi connectivity index (χ1n) is 9.47. The zero-order valence-corrected chi connectivity index (χ0v) is 17.6. The zero-order valence-electron chi connectivity index (χ0n) is 16.7. The first kappa shape index (κ1) is 19.8. The van der Waals surface area contributed by atoms with Crippen molar-refractivity contribution in [2.24, 2.45) is 0 Å². The van der Waals surface area contributed by atoms with Gasteiger partial charge in [-0.05, 0) is 49.4 Å². The Kier molecular flexibility index (Phi) is 5.90. The monoisotopic (exact) mass is 419 g/mol. The SMILES string of the molecule is COc1ccc2nc(N(Cc3ccccn3)C(=O)COc3ccc(C)cc3)sc2c1. The lowest BCUT2D eigenvalue weighted by Gasteiger charge is -2.19. The molecular formula is C23H21N3O3S. The van der Waals surface area contributed by atoms with E-state index in [-0.39, 0.29) is 12.5 Å². The predicted octanol–water partition coefficient (Wildman–Crippen LogP) is 4.62. The number of methoxy groups -OCH3 is 1. The summed E-state index contributed by atoms with van der Waals surface area (Å²) in [4.78, 5) is 23.7. The van der Waals surface area contributed by atoms with E-state index in [0.717, 1.165) is 27.2 Å². The molecule has 2 heterocycles. The first-order chi connectivity index (χ1) is 14.6. The molecule has 0 unspecified atom stereocenters. The van der Waals surface area contributed by atoms with E-state index in [0.29, 0.717) is 17.4 Å². The summed E-state index contributed by atoms with van der Waals surface area (Å²) in [5.41, 5.74) is 2.72. The molecule has 0 radical (unpaired) electrons. The molecule has 2 aromatic heterocycles. The second-order valence-electron chi connectivity index (χ2n) is 6.73. The van der Waals surface area contributed by atoms with Gasteiger partial charge < -0.3 is 9.47 Å². The van der Waals surface area contributed by atoms with Gasteiger partial charge in [-0.2, -0.15) is 0 Å². The lowest BCUT2D eigenvalue weighted by Crippen LogP contribution is -2.34. The number of nitrogens with zero attached hydrogens (tertiary/aromatic N) is 3. The summed E-state index contributed by atoms with van der Waals surface area (Å²) in [7, 11) is 1.63. The topological polar surface area (TPSA) is 64.5 Å². The second kappa shape index (κ2) is 8.92. The van der Waals surface area contributed by atoms with Gasteiger partial charge in [0.25, 0.3) is 5.91 Å². The van der Waals surface area contributed by atoms with Gasteiger partial charge in [0.05, 0.1) is 29.6 Å². The van der Waals surface area contributed by atoms with E-state index in [4.69, 9.17) is 9.47 Å². The fourth-order valence-corrected chi connectivity index (χ4v) is 3.92. The Bertz CT molecular complexity index is 1140. The van der Waals surface area contributed by atoms with Crippen molar-refractivity contribution < 1.29 is 14.3 Å².